The first-order valence-electron chi connectivity index (χ1n) is 8.16. The summed E-state index contributed by atoms with van der Waals surface area (Å²) in [6.45, 7) is 7.62. The van der Waals surface area contributed by atoms with Crippen molar-refractivity contribution in [1.29, 1.82) is 0 Å². The fourth-order valence-electron chi connectivity index (χ4n) is 3.10. The Kier molecular flexibility index (Phi) is 9.22. The third-order valence-electron chi connectivity index (χ3n) is 4.30. The van der Waals surface area contributed by atoms with Gasteiger partial charge in [0, 0.05) is 37.8 Å². The quantitative estimate of drug-likeness (QED) is 0.572. The van der Waals surface area contributed by atoms with Crippen molar-refractivity contribution >= 4 is 12.4 Å². The number of allylic oxidation sites excluding steroid dienone is 1. The summed E-state index contributed by atoms with van der Waals surface area (Å²) in [6, 6.07) is 5.60. The molecule has 0 aromatic heterocycles. The van der Waals surface area contributed by atoms with E-state index in [2.05, 4.69) is 16.8 Å². The van der Waals surface area contributed by atoms with Crippen LogP contribution < -0.4 is 10.1 Å². The van der Waals surface area contributed by atoms with Gasteiger partial charge < -0.3 is 10.1 Å². The molecular formula is C18H28ClFN2O. The number of hydrogen-bond donors (Lipinski definition) is 1. The Morgan fingerprint density at radius 2 is 2.09 bits per heavy atom. The van der Waals surface area contributed by atoms with Crippen LogP contribution in [0.5, 0.6) is 5.75 Å². The molecule has 0 spiro atoms. The average Bonchev–Trinajstić information content (AvgIpc) is 2.57. The fraction of sp³-hybridized carbons (Fsp3) is 0.556. The van der Waals surface area contributed by atoms with Crippen LogP contribution >= 0.6 is 12.4 Å². The maximum atomic E-state index is 14.7. The lowest BCUT2D eigenvalue weighted by Crippen LogP contribution is -2.45. The molecule has 3 nitrogen and oxygen atoms in total. The van der Waals surface area contributed by atoms with Crippen LogP contribution in [0.2, 0.25) is 0 Å². The van der Waals surface area contributed by atoms with Crippen molar-refractivity contribution in [2.24, 2.45) is 0 Å². The van der Waals surface area contributed by atoms with Gasteiger partial charge in [-0.1, -0.05) is 24.6 Å². The van der Waals surface area contributed by atoms with E-state index < -0.39 is 0 Å². The van der Waals surface area contributed by atoms with Gasteiger partial charge in [0.1, 0.15) is 0 Å². The summed E-state index contributed by atoms with van der Waals surface area (Å²) >= 11 is 0. The minimum Gasteiger partial charge on any atom is -0.494 e. The lowest BCUT2D eigenvalue weighted by Gasteiger charge is -2.35. The SMILES string of the molecule is C=CCCCC[C@H](c1cccc(OC)c1F)N1CCNCC1.Cl. The first kappa shape index (κ1) is 19.9. The highest BCUT2D eigenvalue weighted by Crippen LogP contribution is 2.32. The number of methoxy groups -OCH3 is 1. The van der Waals surface area contributed by atoms with Gasteiger partial charge in [-0.15, -0.1) is 19.0 Å². The van der Waals surface area contributed by atoms with Crippen LogP contribution in [0.1, 0.15) is 37.3 Å². The highest BCUT2D eigenvalue weighted by atomic mass is 35.5. The molecule has 1 N–H and O–H groups in total. The standard InChI is InChI=1S/C18H27FN2O.ClH/c1-3-4-5-6-9-16(21-13-11-20-12-14-21)15-8-7-10-17(22-2)18(15)19;/h3,7-8,10,16,20H,1,4-6,9,11-14H2,2H3;1H/t16-;/m1./s1. The zero-order valence-corrected chi connectivity index (χ0v) is 14.7. The van der Waals surface area contributed by atoms with Crippen molar-refractivity contribution in [3.05, 3.63) is 42.2 Å². The van der Waals surface area contributed by atoms with E-state index in [1.807, 2.05) is 18.2 Å². The van der Waals surface area contributed by atoms with E-state index in [0.29, 0.717) is 5.75 Å². The molecule has 1 aliphatic rings. The smallest absolute Gasteiger partial charge is 0.169 e. The van der Waals surface area contributed by atoms with E-state index in [-0.39, 0.29) is 24.3 Å². The lowest BCUT2D eigenvalue weighted by atomic mass is 9.97. The van der Waals surface area contributed by atoms with Gasteiger partial charge in [-0.05, 0) is 25.3 Å². The van der Waals surface area contributed by atoms with E-state index in [1.54, 1.807) is 6.07 Å². The van der Waals surface area contributed by atoms with Crippen LogP contribution in [0.15, 0.2) is 30.9 Å². The van der Waals surface area contributed by atoms with Gasteiger partial charge in [-0.3, -0.25) is 4.90 Å². The van der Waals surface area contributed by atoms with Crippen molar-refractivity contribution < 1.29 is 9.13 Å². The van der Waals surface area contributed by atoms with Crippen LogP contribution in [0.4, 0.5) is 4.39 Å². The highest BCUT2D eigenvalue weighted by Gasteiger charge is 2.25. The fourth-order valence-corrected chi connectivity index (χ4v) is 3.10. The summed E-state index contributed by atoms with van der Waals surface area (Å²) in [5.74, 6) is 0.126. The van der Waals surface area contributed by atoms with Crippen LogP contribution in [0.25, 0.3) is 0 Å². The van der Waals surface area contributed by atoms with Crippen molar-refractivity contribution in [3.8, 4) is 5.75 Å². The topological polar surface area (TPSA) is 24.5 Å². The summed E-state index contributed by atoms with van der Waals surface area (Å²) in [5, 5.41) is 3.36. The number of halogens is 2. The molecule has 0 unspecified atom stereocenters. The zero-order chi connectivity index (χ0) is 15.8. The number of piperazine rings is 1. The van der Waals surface area contributed by atoms with E-state index in [4.69, 9.17) is 4.74 Å². The summed E-state index contributed by atoms with van der Waals surface area (Å²) in [4.78, 5) is 2.39. The van der Waals surface area contributed by atoms with Crippen molar-refractivity contribution in [3.63, 3.8) is 0 Å². The van der Waals surface area contributed by atoms with Gasteiger partial charge in [0.15, 0.2) is 11.6 Å². The van der Waals surface area contributed by atoms with Crippen LogP contribution in [-0.4, -0.2) is 38.2 Å². The van der Waals surface area contributed by atoms with Gasteiger partial charge in [-0.2, -0.15) is 0 Å². The third kappa shape index (κ3) is 5.48. The largest absolute Gasteiger partial charge is 0.494 e. The third-order valence-corrected chi connectivity index (χ3v) is 4.30. The molecule has 130 valence electrons. The maximum absolute atomic E-state index is 14.7. The zero-order valence-electron chi connectivity index (χ0n) is 13.9. The first-order valence-corrected chi connectivity index (χ1v) is 8.16. The normalized spacial score (nSPS) is 16.4. The number of benzene rings is 1. The predicted octanol–water partition coefficient (Wildman–Crippen LogP) is 3.95. The molecule has 23 heavy (non-hydrogen) atoms. The van der Waals surface area contributed by atoms with E-state index in [9.17, 15) is 4.39 Å². The minimum absolute atomic E-state index is 0. The molecule has 0 amide bonds. The average molecular weight is 343 g/mol. The molecule has 1 aliphatic heterocycles. The number of unbranched alkanes of at least 4 members (excludes halogenated alkanes) is 2. The lowest BCUT2D eigenvalue weighted by molar-refractivity contribution is 0.159. The Bertz CT molecular complexity index is 478. The van der Waals surface area contributed by atoms with Gasteiger partial charge in [0.2, 0.25) is 0 Å². The van der Waals surface area contributed by atoms with E-state index in [1.165, 1.54) is 7.11 Å². The van der Waals surface area contributed by atoms with Crippen molar-refractivity contribution in [2.45, 2.75) is 31.7 Å². The van der Waals surface area contributed by atoms with Crippen molar-refractivity contribution in [1.82, 2.24) is 10.2 Å². The number of ether oxygens (including phenoxy) is 1. The highest BCUT2D eigenvalue weighted by molar-refractivity contribution is 5.85. The molecule has 2 rings (SSSR count). The summed E-state index contributed by atoms with van der Waals surface area (Å²) in [5.41, 5.74) is 0.764. The molecule has 0 radical (unpaired) electrons. The van der Waals surface area contributed by atoms with Gasteiger partial charge in [0.05, 0.1) is 7.11 Å². The van der Waals surface area contributed by atoms with Crippen molar-refractivity contribution in [2.75, 3.05) is 33.3 Å². The number of hydrogen-bond acceptors (Lipinski definition) is 3. The summed E-state index contributed by atoms with van der Waals surface area (Å²) < 4.78 is 19.8. The molecule has 1 heterocycles. The Morgan fingerprint density at radius 3 is 2.74 bits per heavy atom. The Balaban J connectivity index is 0.00000264. The molecule has 0 aliphatic carbocycles. The predicted molar refractivity (Wildman–Crippen MR) is 96.0 cm³/mol. The number of nitrogens with zero attached hydrogens (tertiary/aromatic N) is 1. The monoisotopic (exact) mass is 342 g/mol. The maximum Gasteiger partial charge on any atom is 0.169 e. The Hall–Kier alpha value is -1.10. The molecule has 0 saturated carbocycles. The summed E-state index contributed by atoms with van der Waals surface area (Å²) in [7, 11) is 1.52. The van der Waals surface area contributed by atoms with Gasteiger partial charge in [0.25, 0.3) is 0 Å². The van der Waals surface area contributed by atoms with E-state index >= 15 is 0 Å². The molecule has 1 saturated heterocycles. The number of rotatable bonds is 8. The summed E-state index contributed by atoms with van der Waals surface area (Å²) in [6.07, 6.45) is 6.13. The van der Waals surface area contributed by atoms with Gasteiger partial charge in [-0.25, -0.2) is 4.39 Å². The Morgan fingerprint density at radius 1 is 1.35 bits per heavy atom. The molecule has 1 aromatic carbocycles. The van der Waals surface area contributed by atoms with Crippen LogP contribution in [0, 0.1) is 5.82 Å². The van der Waals surface area contributed by atoms with E-state index in [0.717, 1.165) is 57.4 Å². The molecular weight excluding hydrogens is 315 g/mol. The minimum atomic E-state index is -0.211. The molecule has 0 bridgehead atoms. The second-order valence-corrected chi connectivity index (χ2v) is 5.74. The van der Waals surface area contributed by atoms with Crippen LogP contribution in [0.3, 0.4) is 0 Å². The Labute approximate surface area is 145 Å². The second kappa shape index (κ2) is 10.6. The molecule has 5 heteroatoms. The second-order valence-electron chi connectivity index (χ2n) is 5.74. The van der Waals surface area contributed by atoms with Crippen LogP contribution in [-0.2, 0) is 0 Å². The number of nitrogens with one attached hydrogen (secondary N) is 1. The molecule has 1 atom stereocenters. The first-order chi connectivity index (χ1) is 10.8. The molecule has 1 fully saturated rings. The molecule has 1 aromatic rings. The van der Waals surface area contributed by atoms with Gasteiger partial charge >= 0.3 is 0 Å².